The number of aliphatic carboxylic acids is 1. The van der Waals surface area contributed by atoms with Crippen molar-refractivity contribution >= 4 is 17.7 Å². The van der Waals surface area contributed by atoms with Crippen LogP contribution in [0, 0.1) is 6.92 Å². The first-order chi connectivity index (χ1) is 7.47. The Morgan fingerprint density at radius 3 is 2.94 bits per heavy atom. The van der Waals surface area contributed by atoms with Crippen LogP contribution in [-0.2, 0) is 4.79 Å². The Hall–Kier alpha value is -1.34. The minimum atomic E-state index is -1.06. The first kappa shape index (κ1) is 12.7. The molecule has 0 aromatic carbocycles. The molecule has 0 spiro atoms. The molecule has 1 heterocycles. The van der Waals surface area contributed by atoms with Crippen LogP contribution in [-0.4, -0.2) is 38.0 Å². The summed E-state index contributed by atoms with van der Waals surface area (Å²) in [5, 5.41) is 18.1. The van der Waals surface area contributed by atoms with Crippen molar-refractivity contribution in [3.63, 3.8) is 0 Å². The predicted molar refractivity (Wildman–Crippen MR) is 58.6 cm³/mol. The van der Waals surface area contributed by atoms with Gasteiger partial charge in [0.15, 0.2) is 5.16 Å². The second-order valence-electron chi connectivity index (χ2n) is 3.25. The van der Waals surface area contributed by atoms with Crippen molar-refractivity contribution < 1.29 is 15.0 Å². The second-order valence-corrected chi connectivity index (χ2v) is 4.26. The van der Waals surface area contributed by atoms with Crippen LogP contribution >= 0.6 is 11.8 Å². The third-order valence-electron chi connectivity index (χ3n) is 1.67. The van der Waals surface area contributed by atoms with E-state index >= 15 is 0 Å². The maximum absolute atomic E-state index is 11.1. The highest BCUT2D eigenvalue weighted by atomic mass is 32.2. The normalized spacial score (nSPS) is 12.4. The molecule has 1 atom stereocenters. The van der Waals surface area contributed by atoms with Crippen LogP contribution in [0.4, 0.5) is 0 Å². The van der Waals surface area contributed by atoms with Crippen LogP contribution in [0.1, 0.15) is 12.1 Å². The number of aliphatic hydroxyl groups is 1. The van der Waals surface area contributed by atoms with E-state index in [1.807, 2.05) is 0 Å². The van der Waals surface area contributed by atoms with Crippen molar-refractivity contribution in [2.75, 3.05) is 5.75 Å². The number of nitrogens with zero attached hydrogens (tertiary/aromatic N) is 1. The summed E-state index contributed by atoms with van der Waals surface area (Å²) in [7, 11) is 0. The lowest BCUT2D eigenvalue weighted by atomic mass is 10.3. The highest BCUT2D eigenvalue weighted by molar-refractivity contribution is 7.99. The van der Waals surface area contributed by atoms with Crippen LogP contribution in [0.3, 0.4) is 0 Å². The summed E-state index contributed by atoms with van der Waals surface area (Å²) in [6, 6.07) is 1.36. The number of aromatic nitrogens is 2. The van der Waals surface area contributed by atoms with Crippen molar-refractivity contribution in [2.45, 2.75) is 24.6 Å². The highest BCUT2D eigenvalue weighted by Crippen LogP contribution is 2.13. The number of hydrogen-bond donors (Lipinski definition) is 3. The number of carboxylic acids is 1. The van der Waals surface area contributed by atoms with Crippen molar-refractivity contribution in [3.8, 4) is 0 Å². The molecule has 0 radical (unpaired) electrons. The minimum absolute atomic E-state index is 0.179. The van der Waals surface area contributed by atoms with Gasteiger partial charge in [0.2, 0.25) is 0 Å². The molecule has 0 fully saturated rings. The van der Waals surface area contributed by atoms with Gasteiger partial charge in [0, 0.05) is 17.5 Å². The van der Waals surface area contributed by atoms with E-state index in [-0.39, 0.29) is 17.7 Å². The van der Waals surface area contributed by atoms with Gasteiger partial charge in [-0.05, 0) is 6.92 Å². The number of carbonyl (C=O) groups is 1. The number of aliphatic hydroxyl groups excluding tert-OH is 1. The highest BCUT2D eigenvalue weighted by Gasteiger charge is 2.10. The van der Waals surface area contributed by atoms with Gasteiger partial charge in [-0.2, -0.15) is 0 Å². The number of rotatable bonds is 5. The second kappa shape index (κ2) is 5.66. The smallest absolute Gasteiger partial charge is 0.306 e. The molecule has 0 saturated heterocycles. The van der Waals surface area contributed by atoms with E-state index in [1.165, 1.54) is 6.07 Å². The third-order valence-corrected chi connectivity index (χ3v) is 2.69. The van der Waals surface area contributed by atoms with Gasteiger partial charge in [0.05, 0.1) is 12.5 Å². The van der Waals surface area contributed by atoms with Crippen LogP contribution in [0.5, 0.6) is 0 Å². The van der Waals surface area contributed by atoms with E-state index in [2.05, 4.69) is 9.97 Å². The molecule has 3 N–H and O–H groups in total. The Labute approximate surface area is 95.7 Å². The molecule has 6 nitrogen and oxygen atoms in total. The lowest BCUT2D eigenvalue weighted by Gasteiger charge is -2.06. The van der Waals surface area contributed by atoms with Gasteiger partial charge in [-0.1, -0.05) is 11.8 Å². The van der Waals surface area contributed by atoms with E-state index < -0.39 is 12.1 Å². The molecule has 1 unspecified atom stereocenters. The summed E-state index contributed by atoms with van der Waals surface area (Å²) in [5.41, 5.74) is 0.321. The fraction of sp³-hybridized carbons (Fsp3) is 0.444. The van der Waals surface area contributed by atoms with Gasteiger partial charge < -0.3 is 15.2 Å². The molecule has 0 aliphatic carbocycles. The van der Waals surface area contributed by atoms with Gasteiger partial charge in [-0.3, -0.25) is 9.59 Å². The first-order valence-electron chi connectivity index (χ1n) is 4.58. The SMILES string of the molecule is Cc1cc(=O)[nH]c(SCC(O)CC(=O)O)n1. The largest absolute Gasteiger partial charge is 0.481 e. The number of H-pyrrole nitrogens is 1. The Morgan fingerprint density at radius 1 is 1.69 bits per heavy atom. The molecule has 0 aliphatic heterocycles. The van der Waals surface area contributed by atoms with E-state index in [0.29, 0.717) is 10.9 Å². The first-order valence-corrected chi connectivity index (χ1v) is 5.56. The Kier molecular flexibility index (Phi) is 4.51. The monoisotopic (exact) mass is 244 g/mol. The number of thioether (sulfide) groups is 1. The van der Waals surface area contributed by atoms with Gasteiger partial charge in [-0.15, -0.1) is 0 Å². The Morgan fingerprint density at radius 2 is 2.38 bits per heavy atom. The zero-order chi connectivity index (χ0) is 12.1. The molecule has 0 bridgehead atoms. The van der Waals surface area contributed by atoms with Gasteiger partial charge in [-0.25, -0.2) is 4.98 Å². The van der Waals surface area contributed by atoms with Crippen molar-refractivity contribution in [3.05, 3.63) is 22.1 Å². The summed E-state index contributed by atoms with van der Waals surface area (Å²) < 4.78 is 0. The van der Waals surface area contributed by atoms with E-state index in [1.54, 1.807) is 6.92 Å². The summed E-state index contributed by atoms with van der Waals surface area (Å²) in [6.07, 6.45) is -1.27. The van der Waals surface area contributed by atoms with Crippen LogP contribution in [0.2, 0.25) is 0 Å². The maximum Gasteiger partial charge on any atom is 0.306 e. The van der Waals surface area contributed by atoms with Crippen molar-refractivity contribution in [2.24, 2.45) is 0 Å². The number of aromatic amines is 1. The fourth-order valence-electron chi connectivity index (χ4n) is 1.06. The van der Waals surface area contributed by atoms with Gasteiger partial charge >= 0.3 is 5.97 Å². The molecule has 1 rings (SSSR count). The van der Waals surface area contributed by atoms with Crippen molar-refractivity contribution in [1.29, 1.82) is 0 Å². The average molecular weight is 244 g/mol. The van der Waals surface area contributed by atoms with E-state index in [4.69, 9.17) is 5.11 Å². The third kappa shape index (κ3) is 4.45. The lowest BCUT2D eigenvalue weighted by molar-refractivity contribution is -0.138. The van der Waals surface area contributed by atoms with Gasteiger partial charge in [0.1, 0.15) is 0 Å². The summed E-state index contributed by atoms with van der Waals surface area (Å²) in [5.74, 6) is -0.877. The summed E-state index contributed by atoms with van der Waals surface area (Å²) >= 11 is 1.12. The molecule has 0 aliphatic rings. The zero-order valence-electron chi connectivity index (χ0n) is 8.64. The standard InChI is InChI=1S/C9H12N2O4S/c1-5-2-7(13)11-9(10-5)16-4-6(12)3-8(14)15/h2,6,12H,3-4H2,1H3,(H,14,15)(H,10,11,13). The van der Waals surface area contributed by atoms with Crippen LogP contribution in [0.15, 0.2) is 16.0 Å². The summed E-state index contributed by atoms with van der Waals surface area (Å²) in [6.45, 7) is 1.69. The average Bonchev–Trinajstić information content (AvgIpc) is 2.12. The predicted octanol–water partition coefficient (Wildman–Crippen LogP) is 0.00602. The quantitative estimate of drug-likeness (QED) is 0.498. The Balaban J connectivity index is 2.54. The molecule has 7 heteroatoms. The number of carboxylic acid groups (broad SMARTS) is 1. The molecule has 88 valence electrons. The molecular formula is C9H12N2O4S. The molecule has 1 aromatic heterocycles. The minimum Gasteiger partial charge on any atom is -0.481 e. The van der Waals surface area contributed by atoms with Gasteiger partial charge in [0.25, 0.3) is 5.56 Å². The molecule has 0 saturated carbocycles. The number of nitrogens with one attached hydrogen (secondary N) is 1. The van der Waals surface area contributed by atoms with Crippen LogP contribution < -0.4 is 5.56 Å². The summed E-state index contributed by atoms with van der Waals surface area (Å²) in [4.78, 5) is 27.9. The molecule has 1 aromatic rings. The maximum atomic E-state index is 11.1. The topological polar surface area (TPSA) is 103 Å². The fourth-order valence-corrected chi connectivity index (χ4v) is 1.90. The number of hydrogen-bond acceptors (Lipinski definition) is 5. The number of aryl methyl sites for hydroxylation is 1. The lowest BCUT2D eigenvalue weighted by Crippen LogP contribution is -2.16. The Bertz CT molecular complexity index is 432. The van der Waals surface area contributed by atoms with E-state index in [9.17, 15) is 14.7 Å². The molecule has 16 heavy (non-hydrogen) atoms. The van der Waals surface area contributed by atoms with Crippen LogP contribution in [0.25, 0.3) is 0 Å². The van der Waals surface area contributed by atoms with Crippen molar-refractivity contribution in [1.82, 2.24) is 9.97 Å². The van der Waals surface area contributed by atoms with E-state index in [0.717, 1.165) is 11.8 Å². The molecular weight excluding hydrogens is 232 g/mol. The molecule has 0 amide bonds. The zero-order valence-corrected chi connectivity index (χ0v) is 9.45.